The van der Waals surface area contributed by atoms with Crippen molar-refractivity contribution < 1.29 is 19.1 Å². The zero-order chi connectivity index (χ0) is 24.7. The summed E-state index contributed by atoms with van der Waals surface area (Å²) in [6, 6.07) is 14.7. The number of aromatic nitrogens is 2. The molecule has 2 N–H and O–H groups in total. The van der Waals surface area contributed by atoms with E-state index in [-0.39, 0.29) is 19.6 Å². The molecule has 1 unspecified atom stereocenters. The lowest BCUT2D eigenvalue weighted by atomic mass is 10.00. The maximum Gasteiger partial charge on any atom is 0.410 e. The van der Waals surface area contributed by atoms with Crippen LogP contribution in [-0.4, -0.2) is 62.8 Å². The highest BCUT2D eigenvalue weighted by Crippen LogP contribution is 2.33. The first kappa shape index (κ1) is 22.7. The Kier molecular flexibility index (Phi) is 5.59. The normalized spacial score (nSPS) is 16.6. The quantitative estimate of drug-likeness (QED) is 0.335. The Morgan fingerprint density at radius 1 is 0.886 bits per heavy atom. The first-order valence-electron chi connectivity index (χ1n) is 11.7. The molecule has 2 aromatic heterocycles. The van der Waals surface area contributed by atoms with Gasteiger partial charge in [-0.3, -0.25) is 9.59 Å². The third-order valence-corrected chi connectivity index (χ3v) is 6.30. The van der Waals surface area contributed by atoms with Gasteiger partial charge in [0.25, 0.3) is 11.7 Å². The van der Waals surface area contributed by atoms with E-state index >= 15 is 0 Å². The number of nitrogens with one attached hydrogen (secondary N) is 2. The number of hydrogen-bond acceptors (Lipinski definition) is 4. The lowest BCUT2D eigenvalue weighted by Gasteiger charge is -2.41. The third kappa shape index (κ3) is 4.27. The van der Waals surface area contributed by atoms with Crippen molar-refractivity contribution in [3.05, 3.63) is 72.1 Å². The fraction of sp³-hybridized carbons (Fsp3) is 0.296. The highest BCUT2D eigenvalue weighted by Gasteiger charge is 2.39. The van der Waals surface area contributed by atoms with Crippen LogP contribution in [0.25, 0.3) is 21.8 Å². The Labute approximate surface area is 202 Å². The topological polar surface area (TPSA) is 98.5 Å². The summed E-state index contributed by atoms with van der Waals surface area (Å²) in [6.07, 6.45) is 3.00. The molecule has 8 nitrogen and oxygen atoms in total. The van der Waals surface area contributed by atoms with Crippen LogP contribution >= 0.6 is 0 Å². The van der Waals surface area contributed by atoms with Gasteiger partial charge in [-0.15, -0.1) is 0 Å². The fourth-order valence-electron chi connectivity index (χ4n) is 4.66. The van der Waals surface area contributed by atoms with E-state index in [1.54, 1.807) is 16.0 Å². The van der Waals surface area contributed by atoms with E-state index < -0.39 is 29.4 Å². The minimum absolute atomic E-state index is 0.219. The van der Waals surface area contributed by atoms with Crippen LogP contribution in [0, 0.1) is 0 Å². The van der Waals surface area contributed by atoms with Gasteiger partial charge in [0.2, 0.25) is 0 Å². The molecule has 0 bridgehead atoms. The number of para-hydroxylation sites is 2. The molecule has 5 rings (SSSR count). The molecule has 3 heterocycles. The summed E-state index contributed by atoms with van der Waals surface area (Å²) in [5.41, 5.74) is 2.29. The number of H-pyrrole nitrogens is 2. The van der Waals surface area contributed by atoms with E-state index in [0.29, 0.717) is 10.9 Å². The molecule has 0 radical (unpaired) electrons. The summed E-state index contributed by atoms with van der Waals surface area (Å²) in [5, 5.41) is 1.66. The molecular formula is C27H28N4O4. The molecule has 2 amide bonds. The van der Waals surface area contributed by atoms with Gasteiger partial charge >= 0.3 is 6.09 Å². The van der Waals surface area contributed by atoms with Crippen molar-refractivity contribution in [3.63, 3.8) is 0 Å². The molecule has 2 aromatic carbocycles. The molecule has 0 spiro atoms. The number of hydrogen-bond donors (Lipinski definition) is 2. The average Bonchev–Trinajstić information content (AvgIpc) is 3.46. The molecule has 1 aliphatic rings. The third-order valence-electron chi connectivity index (χ3n) is 6.30. The lowest BCUT2D eigenvalue weighted by Crippen LogP contribution is -2.54. The Hall–Kier alpha value is -4.07. The number of amides is 2. The van der Waals surface area contributed by atoms with Gasteiger partial charge < -0.3 is 24.5 Å². The van der Waals surface area contributed by atoms with Gasteiger partial charge in [-0.25, -0.2) is 4.79 Å². The second-order valence-corrected chi connectivity index (χ2v) is 9.81. The monoisotopic (exact) mass is 472 g/mol. The van der Waals surface area contributed by atoms with Crippen LogP contribution in [0.3, 0.4) is 0 Å². The van der Waals surface area contributed by atoms with Crippen molar-refractivity contribution in [1.82, 2.24) is 19.8 Å². The number of nitrogens with zero attached hydrogens (tertiary/aromatic N) is 2. The highest BCUT2D eigenvalue weighted by molar-refractivity contribution is 6.45. The standard InChI is InChI=1S/C27H28N4O4/c1-27(2,3)35-26(34)30-12-13-31(23(16-30)19-14-28-21-10-6-4-8-17(19)21)25(33)24(32)20-15-29-22-11-7-5-9-18(20)22/h4-11,14-15,23,28-29H,12-13,16H2,1-3H3. The first-order chi connectivity index (χ1) is 16.7. The second kappa shape index (κ2) is 8.61. The zero-order valence-corrected chi connectivity index (χ0v) is 20.0. The molecule has 0 aliphatic carbocycles. The fourth-order valence-corrected chi connectivity index (χ4v) is 4.66. The molecule has 1 aliphatic heterocycles. The van der Waals surface area contributed by atoms with Gasteiger partial charge in [0.1, 0.15) is 5.60 Å². The van der Waals surface area contributed by atoms with Crippen LogP contribution in [0.15, 0.2) is 60.9 Å². The molecule has 0 saturated carbocycles. The van der Waals surface area contributed by atoms with Crippen molar-refractivity contribution in [2.45, 2.75) is 32.4 Å². The van der Waals surface area contributed by atoms with Gasteiger partial charge in [-0.05, 0) is 32.9 Å². The SMILES string of the molecule is CC(C)(C)OC(=O)N1CCN(C(=O)C(=O)c2c[nH]c3ccccc23)C(c2c[nH]c3ccccc23)C1. The second-order valence-electron chi connectivity index (χ2n) is 9.81. The molecule has 1 atom stereocenters. The predicted molar refractivity (Wildman–Crippen MR) is 133 cm³/mol. The van der Waals surface area contributed by atoms with E-state index in [4.69, 9.17) is 4.74 Å². The van der Waals surface area contributed by atoms with Crippen molar-refractivity contribution >= 4 is 39.6 Å². The molecule has 180 valence electrons. The van der Waals surface area contributed by atoms with Crippen molar-refractivity contribution in [3.8, 4) is 0 Å². The Morgan fingerprint density at radius 3 is 2.23 bits per heavy atom. The Balaban J connectivity index is 1.49. The van der Waals surface area contributed by atoms with Crippen molar-refractivity contribution in [2.24, 2.45) is 0 Å². The number of rotatable bonds is 3. The number of carbonyl (C=O) groups excluding carboxylic acids is 3. The van der Waals surface area contributed by atoms with Crippen LogP contribution in [0.4, 0.5) is 4.79 Å². The molecule has 35 heavy (non-hydrogen) atoms. The number of fused-ring (bicyclic) bond motifs is 2. The van der Waals surface area contributed by atoms with E-state index in [9.17, 15) is 14.4 Å². The largest absolute Gasteiger partial charge is 0.444 e. The number of ether oxygens (including phenoxy) is 1. The molecule has 1 fully saturated rings. The van der Waals surface area contributed by atoms with Crippen LogP contribution in [-0.2, 0) is 9.53 Å². The Morgan fingerprint density at radius 2 is 1.51 bits per heavy atom. The lowest BCUT2D eigenvalue weighted by molar-refractivity contribution is -0.131. The summed E-state index contributed by atoms with van der Waals surface area (Å²) in [5.74, 6) is -1.16. The summed E-state index contributed by atoms with van der Waals surface area (Å²) in [7, 11) is 0. The number of Topliss-reactive ketones (excluding diaryl/α,β-unsaturated/α-hetero) is 1. The van der Waals surface area contributed by atoms with Gasteiger partial charge in [0.15, 0.2) is 0 Å². The van der Waals surface area contributed by atoms with Gasteiger partial charge in [-0.2, -0.15) is 0 Å². The first-order valence-corrected chi connectivity index (χ1v) is 11.7. The average molecular weight is 473 g/mol. The van der Waals surface area contributed by atoms with Crippen LogP contribution in [0.5, 0.6) is 0 Å². The number of aromatic amines is 2. The minimum atomic E-state index is -0.633. The molecule has 4 aromatic rings. The molecular weight excluding hydrogens is 444 g/mol. The number of piperazine rings is 1. The number of ketones is 1. The predicted octanol–water partition coefficient (Wildman–Crippen LogP) is 4.65. The summed E-state index contributed by atoms with van der Waals surface area (Å²) in [6.45, 7) is 6.19. The van der Waals surface area contributed by atoms with Crippen LogP contribution in [0.1, 0.15) is 42.7 Å². The minimum Gasteiger partial charge on any atom is -0.444 e. The van der Waals surface area contributed by atoms with E-state index in [2.05, 4.69) is 9.97 Å². The summed E-state index contributed by atoms with van der Waals surface area (Å²) >= 11 is 0. The molecule has 8 heteroatoms. The smallest absolute Gasteiger partial charge is 0.410 e. The van der Waals surface area contributed by atoms with E-state index in [1.165, 1.54) is 0 Å². The number of carbonyl (C=O) groups is 3. The maximum absolute atomic E-state index is 13.6. The highest BCUT2D eigenvalue weighted by atomic mass is 16.6. The van der Waals surface area contributed by atoms with Crippen LogP contribution in [0.2, 0.25) is 0 Å². The number of benzene rings is 2. The maximum atomic E-state index is 13.6. The van der Waals surface area contributed by atoms with Gasteiger partial charge in [-0.1, -0.05) is 36.4 Å². The van der Waals surface area contributed by atoms with Crippen molar-refractivity contribution in [2.75, 3.05) is 19.6 Å². The van der Waals surface area contributed by atoms with E-state index in [1.807, 2.05) is 75.5 Å². The molecule has 1 saturated heterocycles. The zero-order valence-electron chi connectivity index (χ0n) is 20.0. The van der Waals surface area contributed by atoms with Gasteiger partial charge in [0, 0.05) is 59.4 Å². The van der Waals surface area contributed by atoms with Gasteiger partial charge in [0.05, 0.1) is 11.6 Å². The van der Waals surface area contributed by atoms with Crippen molar-refractivity contribution in [1.29, 1.82) is 0 Å². The van der Waals surface area contributed by atoms with E-state index in [0.717, 1.165) is 22.0 Å². The summed E-state index contributed by atoms with van der Waals surface area (Å²) in [4.78, 5) is 49.3. The Bertz CT molecular complexity index is 1430. The summed E-state index contributed by atoms with van der Waals surface area (Å²) < 4.78 is 5.59. The van der Waals surface area contributed by atoms with Crippen LogP contribution < -0.4 is 0 Å².